The van der Waals surface area contributed by atoms with Crippen molar-refractivity contribution >= 4 is 11.6 Å². The van der Waals surface area contributed by atoms with E-state index < -0.39 is 6.10 Å². The Bertz CT molecular complexity index is 674. The van der Waals surface area contributed by atoms with Crippen LogP contribution in [0.1, 0.15) is 48.8 Å². The van der Waals surface area contributed by atoms with Crippen LogP contribution in [0.15, 0.2) is 48.5 Å². The smallest absolute Gasteiger partial charge is 0.118 e. The summed E-state index contributed by atoms with van der Waals surface area (Å²) in [6.07, 6.45) is 4.17. The van der Waals surface area contributed by atoms with Crippen LogP contribution < -0.4 is 10.1 Å². The number of aliphatic hydroxyl groups excluding tert-OH is 1. The van der Waals surface area contributed by atoms with Crippen molar-refractivity contribution < 1.29 is 9.84 Å². The van der Waals surface area contributed by atoms with Crippen LogP contribution in [0.5, 0.6) is 5.75 Å². The lowest BCUT2D eigenvalue weighted by Gasteiger charge is -2.31. The van der Waals surface area contributed by atoms with Crippen molar-refractivity contribution in [2.75, 3.05) is 13.7 Å². The minimum Gasteiger partial charge on any atom is -0.497 e. The van der Waals surface area contributed by atoms with Crippen LogP contribution >= 0.6 is 11.6 Å². The highest BCUT2D eigenvalue weighted by Crippen LogP contribution is 2.33. The molecule has 2 N–H and O–H groups in total. The first kappa shape index (κ1) is 18.2. The molecule has 134 valence electrons. The van der Waals surface area contributed by atoms with Crippen molar-refractivity contribution in [1.82, 2.24) is 5.32 Å². The van der Waals surface area contributed by atoms with Gasteiger partial charge in [0.2, 0.25) is 0 Å². The fraction of sp³-hybridized carbons (Fsp3) is 0.429. The lowest BCUT2D eigenvalue weighted by atomic mass is 9.81. The molecule has 0 unspecified atom stereocenters. The summed E-state index contributed by atoms with van der Waals surface area (Å²) in [7, 11) is 1.70. The summed E-state index contributed by atoms with van der Waals surface area (Å²) in [6, 6.07) is 16.3. The quantitative estimate of drug-likeness (QED) is 0.785. The summed E-state index contributed by atoms with van der Waals surface area (Å²) >= 11 is 6.01. The average molecular weight is 360 g/mol. The fourth-order valence-electron chi connectivity index (χ4n) is 3.66. The summed E-state index contributed by atoms with van der Waals surface area (Å²) in [5.41, 5.74) is 2.24. The molecule has 1 aliphatic carbocycles. The van der Waals surface area contributed by atoms with Crippen LogP contribution in [0, 0.1) is 0 Å². The van der Waals surface area contributed by atoms with Gasteiger partial charge in [-0.1, -0.05) is 42.3 Å². The van der Waals surface area contributed by atoms with Crippen LogP contribution in [0.3, 0.4) is 0 Å². The molecule has 0 radical (unpaired) electrons. The molecule has 2 aromatic rings. The van der Waals surface area contributed by atoms with Crippen molar-refractivity contribution in [2.24, 2.45) is 0 Å². The van der Waals surface area contributed by atoms with Gasteiger partial charge >= 0.3 is 0 Å². The number of nitrogens with one attached hydrogen (secondary N) is 1. The molecule has 0 aromatic heterocycles. The van der Waals surface area contributed by atoms with E-state index in [1.807, 2.05) is 36.4 Å². The van der Waals surface area contributed by atoms with Crippen LogP contribution in [0.2, 0.25) is 5.02 Å². The first-order valence-electron chi connectivity index (χ1n) is 8.96. The third-order valence-electron chi connectivity index (χ3n) is 5.09. The predicted molar refractivity (Wildman–Crippen MR) is 102 cm³/mol. The van der Waals surface area contributed by atoms with Gasteiger partial charge in [-0.3, -0.25) is 0 Å². The number of aliphatic hydroxyl groups is 1. The molecule has 3 atom stereocenters. The van der Waals surface area contributed by atoms with E-state index in [1.165, 1.54) is 18.4 Å². The molecule has 0 amide bonds. The SMILES string of the molecule is COc1ccc([C@@H]2CCC[C@@H](NC[C@H](O)c3cccc(Cl)c3)C2)cc1. The molecule has 0 saturated heterocycles. The van der Waals surface area contributed by atoms with Gasteiger partial charge in [-0.05, 0) is 60.6 Å². The van der Waals surface area contributed by atoms with E-state index in [2.05, 4.69) is 17.4 Å². The number of hydrogen-bond donors (Lipinski definition) is 2. The Hall–Kier alpha value is -1.55. The summed E-state index contributed by atoms with van der Waals surface area (Å²) in [6.45, 7) is 0.556. The fourth-order valence-corrected chi connectivity index (χ4v) is 3.86. The predicted octanol–water partition coefficient (Wildman–Crippen LogP) is 4.70. The zero-order valence-corrected chi connectivity index (χ0v) is 15.4. The highest BCUT2D eigenvalue weighted by Gasteiger charge is 2.23. The minimum absolute atomic E-state index is 0.440. The monoisotopic (exact) mass is 359 g/mol. The Morgan fingerprint density at radius 3 is 2.72 bits per heavy atom. The molecular weight excluding hydrogens is 334 g/mol. The van der Waals surface area contributed by atoms with Gasteiger partial charge < -0.3 is 15.2 Å². The molecule has 2 aromatic carbocycles. The molecule has 0 aliphatic heterocycles. The second-order valence-electron chi connectivity index (χ2n) is 6.81. The Kier molecular flexibility index (Phi) is 6.35. The summed E-state index contributed by atoms with van der Waals surface area (Å²) < 4.78 is 5.24. The Morgan fingerprint density at radius 2 is 2.00 bits per heavy atom. The molecule has 3 rings (SSSR count). The summed E-state index contributed by atoms with van der Waals surface area (Å²) in [4.78, 5) is 0. The Labute approximate surface area is 155 Å². The molecule has 0 spiro atoms. The van der Waals surface area contributed by atoms with Crippen LogP contribution in [0.4, 0.5) is 0 Å². The minimum atomic E-state index is -0.528. The van der Waals surface area contributed by atoms with E-state index in [0.717, 1.165) is 24.2 Å². The van der Waals surface area contributed by atoms with Crippen LogP contribution in [-0.4, -0.2) is 24.8 Å². The molecule has 0 heterocycles. The average Bonchev–Trinajstić information content (AvgIpc) is 2.66. The first-order valence-corrected chi connectivity index (χ1v) is 9.34. The molecular formula is C21H26ClNO2. The van der Waals surface area contributed by atoms with Gasteiger partial charge in [-0.25, -0.2) is 0 Å². The molecule has 3 nitrogen and oxygen atoms in total. The van der Waals surface area contributed by atoms with Crippen LogP contribution in [-0.2, 0) is 0 Å². The number of ether oxygens (including phenoxy) is 1. The second kappa shape index (κ2) is 8.70. The summed E-state index contributed by atoms with van der Waals surface area (Å²) in [5, 5.41) is 14.6. The highest BCUT2D eigenvalue weighted by molar-refractivity contribution is 6.30. The number of halogens is 1. The zero-order chi connectivity index (χ0) is 17.6. The van der Waals surface area contributed by atoms with Gasteiger partial charge in [0.25, 0.3) is 0 Å². The van der Waals surface area contributed by atoms with Crippen molar-refractivity contribution in [1.29, 1.82) is 0 Å². The zero-order valence-electron chi connectivity index (χ0n) is 14.6. The lowest BCUT2D eigenvalue weighted by molar-refractivity contribution is 0.164. The van der Waals surface area contributed by atoms with E-state index in [0.29, 0.717) is 23.5 Å². The third kappa shape index (κ3) is 4.97. The normalized spacial score (nSPS) is 21.7. The number of rotatable bonds is 6. The first-order chi connectivity index (χ1) is 12.2. The van der Waals surface area contributed by atoms with Gasteiger partial charge in [0.05, 0.1) is 13.2 Å². The van der Waals surface area contributed by atoms with Crippen molar-refractivity contribution in [3.8, 4) is 5.75 Å². The van der Waals surface area contributed by atoms with Crippen molar-refractivity contribution in [3.63, 3.8) is 0 Å². The largest absolute Gasteiger partial charge is 0.497 e. The van der Waals surface area contributed by atoms with Crippen molar-refractivity contribution in [2.45, 2.75) is 43.7 Å². The molecule has 4 heteroatoms. The van der Waals surface area contributed by atoms with E-state index in [4.69, 9.17) is 16.3 Å². The maximum atomic E-state index is 10.4. The molecule has 1 saturated carbocycles. The summed E-state index contributed by atoms with van der Waals surface area (Å²) in [5.74, 6) is 1.47. The maximum absolute atomic E-state index is 10.4. The molecule has 1 fully saturated rings. The van der Waals surface area contributed by atoms with Crippen LogP contribution in [0.25, 0.3) is 0 Å². The second-order valence-corrected chi connectivity index (χ2v) is 7.25. The van der Waals surface area contributed by atoms with Gasteiger partial charge in [0, 0.05) is 17.6 Å². The molecule has 1 aliphatic rings. The standard InChI is InChI=1S/C21H26ClNO2/c1-25-20-10-8-15(9-11-20)16-4-3-7-19(13-16)23-14-21(24)17-5-2-6-18(22)12-17/h2,5-6,8-12,16,19,21,23-24H,3-4,7,13-14H2,1H3/t16-,19-,21+/m1/s1. The van der Waals surface area contributed by atoms with Crippen molar-refractivity contribution in [3.05, 3.63) is 64.7 Å². The van der Waals surface area contributed by atoms with Gasteiger partial charge in [0.1, 0.15) is 5.75 Å². The number of benzene rings is 2. The highest BCUT2D eigenvalue weighted by atomic mass is 35.5. The van der Waals surface area contributed by atoms with E-state index in [1.54, 1.807) is 7.11 Å². The molecule has 0 bridgehead atoms. The lowest BCUT2D eigenvalue weighted by Crippen LogP contribution is -2.36. The topological polar surface area (TPSA) is 41.5 Å². The molecule has 25 heavy (non-hydrogen) atoms. The van der Waals surface area contributed by atoms with Gasteiger partial charge in [0.15, 0.2) is 0 Å². The Morgan fingerprint density at radius 1 is 1.20 bits per heavy atom. The number of hydrogen-bond acceptors (Lipinski definition) is 3. The van der Waals surface area contributed by atoms with E-state index in [9.17, 15) is 5.11 Å². The van der Waals surface area contributed by atoms with E-state index in [-0.39, 0.29) is 0 Å². The van der Waals surface area contributed by atoms with Gasteiger partial charge in [-0.2, -0.15) is 0 Å². The third-order valence-corrected chi connectivity index (χ3v) is 5.33. The van der Waals surface area contributed by atoms with Gasteiger partial charge in [-0.15, -0.1) is 0 Å². The maximum Gasteiger partial charge on any atom is 0.118 e. The van der Waals surface area contributed by atoms with E-state index >= 15 is 0 Å². The number of methoxy groups -OCH3 is 1. The Balaban J connectivity index is 1.54.